The molecule has 9 nitrogen and oxygen atoms in total. The molecule has 0 bridgehead atoms. The highest BCUT2D eigenvalue weighted by Gasteiger charge is 2.36. The molecule has 4 N–H and O–H groups in total. The van der Waals surface area contributed by atoms with Crippen molar-refractivity contribution in [2.75, 3.05) is 65.0 Å². The Morgan fingerprint density at radius 1 is 1.24 bits per heavy atom. The Labute approximate surface area is 232 Å². The van der Waals surface area contributed by atoms with Crippen LogP contribution in [0.1, 0.15) is 39.2 Å². The second-order valence-electron chi connectivity index (χ2n) is 10.7. The van der Waals surface area contributed by atoms with E-state index in [2.05, 4.69) is 59.7 Å². The molecule has 3 unspecified atom stereocenters. The van der Waals surface area contributed by atoms with Crippen LogP contribution in [0.3, 0.4) is 0 Å². The maximum atomic E-state index is 13.2. The molecule has 3 atom stereocenters. The molecule has 1 aromatic carbocycles. The topological polar surface area (TPSA) is 100 Å². The zero-order valence-corrected chi connectivity index (χ0v) is 24.7. The molecule has 4 rings (SSSR count). The number of likely N-dealkylation sites (N-methyl/N-ethyl adjacent to an activating group) is 1. The van der Waals surface area contributed by atoms with Gasteiger partial charge in [-0.05, 0) is 37.5 Å². The number of hydrogen-bond donors (Lipinski definition) is 4. The summed E-state index contributed by atoms with van der Waals surface area (Å²) in [5, 5.41) is 27.8. The number of aliphatic hydroxyl groups is 2. The van der Waals surface area contributed by atoms with E-state index >= 15 is 0 Å². The van der Waals surface area contributed by atoms with Crippen molar-refractivity contribution in [2.45, 2.75) is 57.8 Å². The van der Waals surface area contributed by atoms with Gasteiger partial charge >= 0.3 is 0 Å². The SMILES string of the molecule is CC.Cc1ccc2c(c1)N1CNC(N3CCCC[N+](C)(C)CC3)/N=C\C(C)C(O)/C(C(=O)NCCO)=C\1S2. The normalized spacial score (nSPS) is 28.6. The van der Waals surface area contributed by atoms with Gasteiger partial charge in [0.1, 0.15) is 0 Å². The summed E-state index contributed by atoms with van der Waals surface area (Å²) in [6.45, 7) is 12.5. The van der Waals surface area contributed by atoms with Crippen LogP contribution in [0.5, 0.6) is 0 Å². The van der Waals surface area contributed by atoms with Gasteiger partial charge in [-0.1, -0.05) is 38.6 Å². The number of aliphatic hydroxyl groups excluding tert-OH is 2. The Hall–Kier alpha value is -1.95. The van der Waals surface area contributed by atoms with Crippen molar-refractivity contribution in [3.05, 3.63) is 34.4 Å². The second-order valence-corrected chi connectivity index (χ2v) is 11.7. The first-order valence-electron chi connectivity index (χ1n) is 13.9. The number of aliphatic imine (C=N–C) groups is 1. The minimum Gasteiger partial charge on any atom is -0.395 e. The zero-order valence-electron chi connectivity index (χ0n) is 23.9. The average Bonchev–Trinajstić information content (AvgIpc) is 3.24. The Morgan fingerprint density at radius 2 is 2.00 bits per heavy atom. The van der Waals surface area contributed by atoms with Crippen LogP contribution in [0.4, 0.5) is 5.69 Å². The van der Waals surface area contributed by atoms with Gasteiger partial charge in [0, 0.05) is 30.1 Å². The number of carbonyl (C=O) groups is 1. The smallest absolute Gasteiger partial charge is 0.252 e. The Kier molecular flexibility index (Phi) is 11.2. The summed E-state index contributed by atoms with van der Waals surface area (Å²) >= 11 is 1.51. The number of amides is 1. The fourth-order valence-electron chi connectivity index (χ4n) is 4.91. The molecule has 0 radical (unpaired) electrons. The van der Waals surface area contributed by atoms with E-state index in [0.717, 1.165) is 51.7 Å². The number of fused-ring (bicyclic) bond motifs is 3. The number of aryl methyl sites for hydroxylation is 1. The summed E-state index contributed by atoms with van der Waals surface area (Å²) in [5.74, 6) is -0.737. The van der Waals surface area contributed by atoms with Gasteiger partial charge in [0.05, 0.1) is 69.4 Å². The third-order valence-electron chi connectivity index (χ3n) is 7.21. The van der Waals surface area contributed by atoms with Crippen LogP contribution in [-0.2, 0) is 4.79 Å². The summed E-state index contributed by atoms with van der Waals surface area (Å²) in [6.07, 6.45) is 2.84. The second kappa shape index (κ2) is 13.9. The van der Waals surface area contributed by atoms with Gasteiger partial charge in [0.15, 0.2) is 6.29 Å². The van der Waals surface area contributed by atoms with Crippen molar-refractivity contribution in [2.24, 2.45) is 10.9 Å². The highest BCUT2D eigenvalue weighted by Crippen LogP contribution is 2.48. The molecule has 212 valence electrons. The fourth-order valence-corrected chi connectivity index (χ4v) is 6.12. The monoisotopic (exact) mass is 547 g/mol. The predicted octanol–water partition coefficient (Wildman–Crippen LogP) is 2.34. The predicted molar refractivity (Wildman–Crippen MR) is 156 cm³/mol. The molecule has 1 aromatic rings. The van der Waals surface area contributed by atoms with E-state index in [0.29, 0.717) is 12.2 Å². The maximum absolute atomic E-state index is 13.2. The lowest BCUT2D eigenvalue weighted by atomic mass is 9.97. The van der Waals surface area contributed by atoms with Gasteiger partial charge in [-0.3, -0.25) is 20.0 Å². The van der Waals surface area contributed by atoms with Crippen LogP contribution in [0.2, 0.25) is 0 Å². The largest absolute Gasteiger partial charge is 0.395 e. The first kappa shape index (κ1) is 30.6. The van der Waals surface area contributed by atoms with Gasteiger partial charge < -0.3 is 24.9 Å². The summed E-state index contributed by atoms with van der Waals surface area (Å²) in [7, 11) is 4.57. The van der Waals surface area contributed by atoms with Crippen LogP contribution in [-0.4, -0.2) is 104 Å². The third-order valence-corrected chi connectivity index (χ3v) is 8.41. The number of hydrogen-bond acceptors (Lipinski definition) is 8. The molecular formula is C28H47N6O3S+. The molecule has 38 heavy (non-hydrogen) atoms. The Balaban J connectivity index is 0.00000195. The number of nitrogens with one attached hydrogen (secondary N) is 2. The van der Waals surface area contributed by atoms with Crippen molar-refractivity contribution in [1.29, 1.82) is 0 Å². The molecule has 0 saturated carbocycles. The standard InChI is InChI=1S/C26H40N6O3S.C2H6/c1-18-7-8-21-20(15-18)31-17-29-26(30-10-5-6-12-32(3,4)13-11-30)28-16-19(2)23(34)22(25(31)36-21)24(35)27-9-14-33;1-2/h7-8,15-16,19,23,26,29,33-34H,5-6,9-14,17H2,1-4H3;1-2H3/p+1/b25-22-,28-16-;. The van der Waals surface area contributed by atoms with Crippen LogP contribution in [0, 0.1) is 12.8 Å². The van der Waals surface area contributed by atoms with E-state index in [1.165, 1.54) is 24.7 Å². The summed E-state index contributed by atoms with van der Waals surface area (Å²) < 4.78 is 0.997. The number of rotatable bonds is 4. The van der Waals surface area contributed by atoms with Gasteiger partial charge in [-0.25, -0.2) is 0 Å². The Morgan fingerprint density at radius 3 is 2.74 bits per heavy atom. The van der Waals surface area contributed by atoms with Crippen LogP contribution >= 0.6 is 11.8 Å². The number of anilines is 1. The van der Waals surface area contributed by atoms with Crippen molar-refractivity contribution >= 4 is 29.6 Å². The van der Waals surface area contributed by atoms with Crippen LogP contribution in [0.15, 0.2) is 38.7 Å². The number of thioether (sulfide) groups is 1. The van der Waals surface area contributed by atoms with E-state index in [1.54, 1.807) is 6.21 Å². The molecule has 0 spiro atoms. The molecule has 0 aliphatic carbocycles. The molecular weight excluding hydrogens is 500 g/mol. The van der Waals surface area contributed by atoms with Crippen molar-refractivity contribution in [3.63, 3.8) is 0 Å². The molecule has 1 amide bonds. The summed E-state index contributed by atoms with van der Waals surface area (Å²) in [5.41, 5.74) is 2.46. The van der Waals surface area contributed by atoms with Crippen molar-refractivity contribution in [1.82, 2.24) is 15.5 Å². The van der Waals surface area contributed by atoms with E-state index in [4.69, 9.17) is 4.99 Å². The molecule has 0 aromatic heterocycles. The summed E-state index contributed by atoms with van der Waals surface area (Å²) in [4.78, 5) is 23.7. The first-order chi connectivity index (χ1) is 18.2. The Bertz CT molecular complexity index is 1010. The van der Waals surface area contributed by atoms with E-state index in [1.807, 2.05) is 20.8 Å². The molecule has 3 aliphatic heterocycles. The number of benzene rings is 1. The summed E-state index contributed by atoms with van der Waals surface area (Å²) in [6, 6.07) is 6.26. The van der Waals surface area contributed by atoms with Crippen molar-refractivity contribution in [3.8, 4) is 0 Å². The van der Waals surface area contributed by atoms with Crippen LogP contribution in [0.25, 0.3) is 0 Å². The van der Waals surface area contributed by atoms with Crippen LogP contribution < -0.4 is 15.5 Å². The van der Waals surface area contributed by atoms with E-state index in [9.17, 15) is 15.0 Å². The first-order valence-corrected chi connectivity index (χ1v) is 14.7. The number of carbonyl (C=O) groups excluding carboxylic acids is 1. The van der Waals surface area contributed by atoms with E-state index in [-0.39, 0.29) is 31.3 Å². The molecule has 1 saturated heterocycles. The minimum absolute atomic E-state index is 0.131. The fraction of sp³-hybridized carbons (Fsp3) is 0.643. The number of nitrogens with zero attached hydrogens (tertiary/aromatic N) is 4. The third kappa shape index (κ3) is 7.37. The lowest BCUT2D eigenvalue weighted by molar-refractivity contribution is -0.890. The van der Waals surface area contributed by atoms with Gasteiger partial charge in [0.2, 0.25) is 0 Å². The van der Waals surface area contributed by atoms with Gasteiger partial charge in [-0.15, -0.1) is 0 Å². The molecule has 3 heterocycles. The highest BCUT2D eigenvalue weighted by atomic mass is 32.2. The maximum Gasteiger partial charge on any atom is 0.252 e. The molecule has 10 heteroatoms. The van der Waals surface area contributed by atoms with Gasteiger partial charge in [0.25, 0.3) is 5.91 Å². The molecule has 3 aliphatic rings. The lowest BCUT2D eigenvalue weighted by Crippen LogP contribution is -2.54. The minimum atomic E-state index is -1.03. The van der Waals surface area contributed by atoms with E-state index < -0.39 is 6.10 Å². The number of quaternary nitrogens is 1. The van der Waals surface area contributed by atoms with Crippen molar-refractivity contribution < 1.29 is 19.5 Å². The van der Waals surface area contributed by atoms with Gasteiger partial charge in [-0.2, -0.15) is 0 Å². The molecule has 1 fully saturated rings. The highest BCUT2D eigenvalue weighted by molar-refractivity contribution is 8.03. The zero-order chi connectivity index (χ0) is 27.9. The lowest BCUT2D eigenvalue weighted by Gasteiger charge is -2.38. The quantitative estimate of drug-likeness (QED) is 0.430. The average molecular weight is 548 g/mol.